The molecular formula is C17H26N4OS. The lowest BCUT2D eigenvalue weighted by Crippen LogP contribution is -2.47. The van der Waals surface area contributed by atoms with E-state index in [1.54, 1.807) is 7.05 Å². The Kier molecular flexibility index (Phi) is 6.77. The summed E-state index contributed by atoms with van der Waals surface area (Å²) in [5.41, 5.74) is 1.82. The van der Waals surface area contributed by atoms with E-state index in [9.17, 15) is 4.79 Å². The highest BCUT2D eigenvalue weighted by molar-refractivity contribution is 8.00. The third-order valence-corrected chi connectivity index (χ3v) is 5.37. The molecule has 1 aromatic carbocycles. The average Bonchev–Trinajstić information content (AvgIpc) is 2.62. The maximum atomic E-state index is 11.5. The molecule has 1 heterocycles. The SMILES string of the molecule is CCC1CN(C(=NC)NCc2ccc(C(=O)NC)cc2)CCS1. The quantitative estimate of drug-likeness (QED) is 0.653. The zero-order chi connectivity index (χ0) is 16.7. The second-order valence-corrected chi connectivity index (χ2v) is 6.93. The summed E-state index contributed by atoms with van der Waals surface area (Å²) in [5.74, 6) is 2.05. The van der Waals surface area contributed by atoms with Crippen LogP contribution in [0.3, 0.4) is 0 Å². The molecule has 0 bridgehead atoms. The smallest absolute Gasteiger partial charge is 0.251 e. The lowest BCUT2D eigenvalue weighted by atomic mass is 10.1. The fraction of sp³-hybridized carbons (Fsp3) is 0.529. The zero-order valence-electron chi connectivity index (χ0n) is 14.1. The van der Waals surface area contributed by atoms with Crippen LogP contribution < -0.4 is 10.6 Å². The standard InChI is InChI=1S/C17H26N4OS/c1-4-15-12-21(9-10-23-15)17(19-3)20-11-13-5-7-14(8-6-13)16(22)18-2/h5-8,15H,4,9-12H2,1-3H3,(H,18,22)(H,19,20). The average molecular weight is 334 g/mol. The van der Waals surface area contributed by atoms with E-state index in [1.807, 2.05) is 31.3 Å². The van der Waals surface area contributed by atoms with Gasteiger partial charge >= 0.3 is 0 Å². The molecule has 1 aromatic rings. The van der Waals surface area contributed by atoms with Gasteiger partial charge in [-0.3, -0.25) is 9.79 Å². The van der Waals surface area contributed by atoms with Crippen LogP contribution in [-0.2, 0) is 6.54 Å². The molecule has 1 aliphatic heterocycles. The Hall–Kier alpha value is -1.69. The van der Waals surface area contributed by atoms with E-state index >= 15 is 0 Å². The number of nitrogens with zero attached hydrogens (tertiary/aromatic N) is 2. The molecule has 1 atom stereocenters. The van der Waals surface area contributed by atoms with E-state index in [0.717, 1.165) is 30.4 Å². The molecule has 23 heavy (non-hydrogen) atoms. The van der Waals surface area contributed by atoms with Gasteiger partial charge in [0.15, 0.2) is 5.96 Å². The lowest BCUT2D eigenvalue weighted by molar-refractivity contribution is 0.0963. The van der Waals surface area contributed by atoms with Gasteiger partial charge in [0.2, 0.25) is 0 Å². The second-order valence-electron chi connectivity index (χ2n) is 5.52. The zero-order valence-corrected chi connectivity index (χ0v) is 14.9. The van der Waals surface area contributed by atoms with Crippen LogP contribution in [0.15, 0.2) is 29.3 Å². The first-order chi connectivity index (χ1) is 11.2. The number of amides is 1. The molecule has 1 aliphatic rings. The predicted octanol–water partition coefficient (Wildman–Crippen LogP) is 1.95. The number of carbonyl (C=O) groups excluding carboxylic acids is 1. The van der Waals surface area contributed by atoms with Gasteiger partial charge in [0.1, 0.15) is 0 Å². The van der Waals surface area contributed by atoms with E-state index in [4.69, 9.17) is 0 Å². The van der Waals surface area contributed by atoms with E-state index in [-0.39, 0.29) is 5.91 Å². The van der Waals surface area contributed by atoms with Crippen molar-refractivity contribution in [2.24, 2.45) is 4.99 Å². The summed E-state index contributed by atoms with van der Waals surface area (Å²) in [6, 6.07) is 7.66. The van der Waals surface area contributed by atoms with Crippen molar-refractivity contribution in [2.45, 2.75) is 25.1 Å². The first-order valence-electron chi connectivity index (χ1n) is 8.06. The molecule has 0 aliphatic carbocycles. The molecule has 2 N–H and O–H groups in total. The molecule has 5 nitrogen and oxygen atoms in total. The monoisotopic (exact) mass is 334 g/mol. The Bertz CT molecular complexity index is 544. The molecule has 0 radical (unpaired) electrons. The number of rotatable bonds is 4. The van der Waals surface area contributed by atoms with Gasteiger partial charge in [-0.05, 0) is 24.1 Å². The third-order valence-electron chi connectivity index (χ3n) is 4.00. The van der Waals surface area contributed by atoms with E-state index in [2.05, 4.69) is 39.2 Å². The van der Waals surface area contributed by atoms with E-state index in [1.165, 1.54) is 6.42 Å². The normalized spacial score (nSPS) is 18.7. The highest BCUT2D eigenvalue weighted by Gasteiger charge is 2.21. The van der Waals surface area contributed by atoms with Crippen molar-refractivity contribution < 1.29 is 4.79 Å². The summed E-state index contributed by atoms with van der Waals surface area (Å²) in [6.45, 7) is 5.04. The van der Waals surface area contributed by atoms with E-state index in [0.29, 0.717) is 17.4 Å². The molecule has 0 saturated carbocycles. The van der Waals surface area contributed by atoms with Crippen molar-refractivity contribution in [3.63, 3.8) is 0 Å². The number of benzene rings is 1. The van der Waals surface area contributed by atoms with Crippen LogP contribution in [0.25, 0.3) is 0 Å². The molecule has 6 heteroatoms. The molecule has 1 unspecified atom stereocenters. The Labute approximate surface area is 142 Å². The van der Waals surface area contributed by atoms with Gasteiger partial charge in [0.25, 0.3) is 5.91 Å². The number of hydrogen-bond acceptors (Lipinski definition) is 3. The third kappa shape index (κ3) is 4.89. The topological polar surface area (TPSA) is 56.7 Å². The molecule has 1 saturated heterocycles. The summed E-state index contributed by atoms with van der Waals surface area (Å²) in [4.78, 5) is 18.3. The van der Waals surface area contributed by atoms with Crippen LogP contribution in [0, 0.1) is 0 Å². The summed E-state index contributed by atoms with van der Waals surface area (Å²) < 4.78 is 0. The molecular weight excluding hydrogens is 308 g/mol. The molecule has 2 rings (SSSR count). The van der Waals surface area contributed by atoms with Crippen molar-refractivity contribution in [3.05, 3.63) is 35.4 Å². The Morgan fingerprint density at radius 1 is 1.39 bits per heavy atom. The molecule has 126 valence electrons. The van der Waals surface area contributed by atoms with Gasteiger partial charge in [-0.2, -0.15) is 11.8 Å². The fourth-order valence-electron chi connectivity index (χ4n) is 2.59. The van der Waals surface area contributed by atoms with Crippen molar-refractivity contribution in [1.29, 1.82) is 0 Å². The Morgan fingerprint density at radius 2 is 2.13 bits per heavy atom. The number of thioether (sulfide) groups is 1. The number of guanidine groups is 1. The van der Waals surface area contributed by atoms with Gasteiger partial charge in [0, 0.05) is 50.3 Å². The van der Waals surface area contributed by atoms with Crippen LogP contribution in [-0.4, -0.2) is 55.0 Å². The van der Waals surface area contributed by atoms with Crippen LogP contribution >= 0.6 is 11.8 Å². The summed E-state index contributed by atoms with van der Waals surface area (Å²) >= 11 is 2.05. The second kappa shape index (κ2) is 8.82. The number of aliphatic imine (C=N–C) groups is 1. The summed E-state index contributed by atoms with van der Waals surface area (Å²) in [6.07, 6.45) is 1.19. The fourth-order valence-corrected chi connectivity index (χ4v) is 3.77. The van der Waals surface area contributed by atoms with Crippen LogP contribution in [0.5, 0.6) is 0 Å². The minimum Gasteiger partial charge on any atom is -0.355 e. The predicted molar refractivity (Wildman–Crippen MR) is 98.1 cm³/mol. The van der Waals surface area contributed by atoms with Crippen molar-refractivity contribution in [3.8, 4) is 0 Å². The minimum atomic E-state index is -0.0586. The minimum absolute atomic E-state index is 0.0586. The van der Waals surface area contributed by atoms with Crippen molar-refractivity contribution in [1.82, 2.24) is 15.5 Å². The summed E-state index contributed by atoms with van der Waals surface area (Å²) in [7, 11) is 3.47. The largest absolute Gasteiger partial charge is 0.355 e. The maximum Gasteiger partial charge on any atom is 0.251 e. The highest BCUT2D eigenvalue weighted by atomic mass is 32.2. The summed E-state index contributed by atoms with van der Waals surface area (Å²) in [5, 5.41) is 6.75. The maximum absolute atomic E-state index is 11.5. The lowest BCUT2D eigenvalue weighted by Gasteiger charge is -2.34. The van der Waals surface area contributed by atoms with Gasteiger partial charge < -0.3 is 15.5 Å². The van der Waals surface area contributed by atoms with Gasteiger partial charge in [0.05, 0.1) is 0 Å². The van der Waals surface area contributed by atoms with Crippen molar-refractivity contribution in [2.75, 3.05) is 32.9 Å². The molecule has 0 spiro atoms. The molecule has 0 aromatic heterocycles. The van der Waals surface area contributed by atoms with Crippen molar-refractivity contribution >= 4 is 23.6 Å². The van der Waals surface area contributed by atoms with Crippen LogP contribution in [0.2, 0.25) is 0 Å². The van der Waals surface area contributed by atoms with Gasteiger partial charge in [-0.15, -0.1) is 0 Å². The molecule has 1 amide bonds. The number of nitrogens with one attached hydrogen (secondary N) is 2. The first kappa shape index (κ1) is 17.7. The van der Waals surface area contributed by atoms with Gasteiger partial charge in [-0.1, -0.05) is 19.1 Å². The Morgan fingerprint density at radius 3 is 2.74 bits per heavy atom. The first-order valence-corrected chi connectivity index (χ1v) is 9.11. The highest BCUT2D eigenvalue weighted by Crippen LogP contribution is 2.21. The Balaban J connectivity index is 1.91. The van der Waals surface area contributed by atoms with Crippen LogP contribution in [0.1, 0.15) is 29.3 Å². The molecule has 1 fully saturated rings. The number of carbonyl (C=O) groups is 1. The van der Waals surface area contributed by atoms with E-state index < -0.39 is 0 Å². The number of hydrogen-bond donors (Lipinski definition) is 2. The van der Waals surface area contributed by atoms with Gasteiger partial charge in [-0.25, -0.2) is 0 Å². The van der Waals surface area contributed by atoms with Crippen LogP contribution in [0.4, 0.5) is 0 Å².